The number of ether oxygens (including phenoxy) is 1. The maximum absolute atomic E-state index is 13.0. The summed E-state index contributed by atoms with van der Waals surface area (Å²) in [6.07, 6.45) is 1.67. The first-order valence-corrected chi connectivity index (χ1v) is 13.3. The minimum atomic E-state index is -0.274. The first kappa shape index (κ1) is 27.9. The van der Waals surface area contributed by atoms with E-state index in [1.165, 1.54) is 0 Å². The van der Waals surface area contributed by atoms with E-state index in [0.717, 1.165) is 62.6 Å². The Hall–Kier alpha value is -4.08. The molecule has 4 rings (SSSR count). The molecule has 9 heteroatoms. The lowest BCUT2D eigenvalue weighted by atomic mass is 10.00. The van der Waals surface area contributed by atoms with Gasteiger partial charge in [0, 0.05) is 44.1 Å². The largest absolute Gasteiger partial charge is 0.397 e. The molecule has 5 N–H and O–H groups in total. The van der Waals surface area contributed by atoms with Crippen molar-refractivity contribution >= 4 is 34.7 Å². The predicted molar refractivity (Wildman–Crippen MR) is 157 cm³/mol. The second-order valence-corrected chi connectivity index (χ2v) is 9.86. The van der Waals surface area contributed by atoms with Crippen molar-refractivity contribution in [2.75, 3.05) is 68.2 Å². The number of rotatable bonds is 10. The van der Waals surface area contributed by atoms with E-state index in [1.807, 2.05) is 67.5 Å². The number of hydrogen-bond acceptors (Lipinski definition) is 6. The number of nitrogens with zero attached hydrogens (tertiary/aromatic N) is 2. The van der Waals surface area contributed by atoms with E-state index in [1.54, 1.807) is 24.3 Å². The highest BCUT2D eigenvalue weighted by Gasteiger charge is 2.18. The number of anilines is 4. The normalized spacial score (nSPS) is 14.3. The smallest absolute Gasteiger partial charge is 0.319 e. The lowest BCUT2D eigenvalue weighted by Crippen LogP contribution is -2.37. The molecule has 1 aliphatic rings. The topological polar surface area (TPSA) is 112 Å². The summed E-state index contributed by atoms with van der Waals surface area (Å²) in [4.78, 5) is 30.2. The Labute approximate surface area is 230 Å². The Morgan fingerprint density at radius 3 is 2.44 bits per heavy atom. The van der Waals surface area contributed by atoms with E-state index in [2.05, 4.69) is 20.9 Å². The lowest BCUT2D eigenvalue weighted by molar-refractivity contribution is 0.0369. The second kappa shape index (κ2) is 13.6. The van der Waals surface area contributed by atoms with Crippen LogP contribution in [0.1, 0.15) is 34.8 Å². The number of nitrogens with two attached hydrogens (primary N) is 1. The maximum atomic E-state index is 13.0. The van der Waals surface area contributed by atoms with Gasteiger partial charge in [0.2, 0.25) is 0 Å². The predicted octanol–water partition coefficient (Wildman–Crippen LogP) is 4.56. The average molecular weight is 531 g/mol. The third kappa shape index (κ3) is 8.20. The van der Waals surface area contributed by atoms with Crippen molar-refractivity contribution in [2.24, 2.45) is 0 Å². The minimum Gasteiger partial charge on any atom is -0.397 e. The third-order valence-electron chi connectivity index (χ3n) is 6.78. The van der Waals surface area contributed by atoms with E-state index < -0.39 is 0 Å². The standard InChI is InChI=1S/C30H38N6O3/c1-35(2)25-8-5-7-24(21-25)32-30(38)34-27(11-6-16-36-17-19-39-20-18-36)22-12-14-23(15-13-22)29(37)33-28-10-4-3-9-26(28)31/h3-5,7-10,12-15,21,27H,6,11,16-20,31H2,1-2H3,(H,33,37)(H2,32,34,38). The number of urea groups is 1. The third-order valence-corrected chi connectivity index (χ3v) is 6.78. The fourth-order valence-corrected chi connectivity index (χ4v) is 4.53. The number of benzene rings is 3. The monoisotopic (exact) mass is 530 g/mol. The fraction of sp³-hybridized carbons (Fsp3) is 0.333. The first-order valence-electron chi connectivity index (χ1n) is 13.3. The van der Waals surface area contributed by atoms with Gasteiger partial charge in [-0.2, -0.15) is 0 Å². The van der Waals surface area contributed by atoms with Crippen LogP contribution < -0.4 is 26.6 Å². The summed E-state index contributed by atoms with van der Waals surface area (Å²) in [5.74, 6) is -0.241. The van der Waals surface area contributed by atoms with Crippen LogP contribution in [-0.4, -0.2) is 63.8 Å². The average Bonchev–Trinajstić information content (AvgIpc) is 2.94. The van der Waals surface area contributed by atoms with Gasteiger partial charge >= 0.3 is 6.03 Å². The molecule has 39 heavy (non-hydrogen) atoms. The number of carbonyl (C=O) groups excluding carboxylic acids is 2. The van der Waals surface area contributed by atoms with Crippen LogP contribution in [0.15, 0.2) is 72.8 Å². The van der Waals surface area contributed by atoms with Crippen molar-refractivity contribution in [1.29, 1.82) is 0 Å². The van der Waals surface area contributed by atoms with Crippen LogP contribution >= 0.6 is 0 Å². The minimum absolute atomic E-state index is 0.218. The van der Waals surface area contributed by atoms with Crippen molar-refractivity contribution in [2.45, 2.75) is 18.9 Å². The molecule has 1 aliphatic heterocycles. The molecule has 0 aromatic heterocycles. The van der Waals surface area contributed by atoms with Crippen molar-refractivity contribution in [3.05, 3.63) is 83.9 Å². The first-order chi connectivity index (χ1) is 18.9. The van der Waals surface area contributed by atoms with Crippen LogP contribution in [0.4, 0.5) is 27.5 Å². The van der Waals surface area contributed by atoms with E-state index in [-0.39, 0.29) is 18.0 Å². The summed E-state index contributed by atoms with van der Waals surface area (Å²) >= 11 is 0. The molecule has 0 aliphatic carbocycles. The number of hydrogen-bond donors (Lipinski definition) is 4. The van der Waals surface area contributed by atoms with E-state index in [9.17, 15) is 9.59 Å². The Balaban J connectivity index is 1.43. The van der Waals surface area contributed by atoms with Gasteiger partial charge in [0.1, 0.15) is 0 Å². The van der Waals surface area contributed by atoms with Gasteiger partial charge in [-0.1, -0.05) is 30.3 Å². The molecule has 0 saturated carbocycles. The second-order valence-electron chi connectivity index (χ2n) is 9.86. The molecule has 1 heterocycles. The Morgan fingerprint density at radius 2 is 1.72 bits per heavy atom. The quantitative estimate of drug-likeness (QED) is 0.286. The number of morpholine rings is 1. The SMILES string of the molecule is CN(C)c1cccc(NC(=O)NC(CCCN2CCOCC2)c2ccc(C(=O)Nc3ccccc3N)cc2)c1. The maximum Gasteiger partial charge on any atom is 0.319 e. The molecule has 0 spiro atoms. The molecule has 1 unspecified atom stereocenters. The van der Waals surface area contributed by atoms with Gasteiger partial charge in [0.15, 0.2) is 0 Å². The van der Waals surface area contributed by atoms with Crippen molar-refractivity contribution in [3.8, 4) is 0 Å². The summed E-state index contributed by atoms with van der Waals surface area (Å²) in [5, 5.41) is 8.95. The summed E-state index contributed by atoms with van der Waals surface area (Å²) in [5.41, 5.74) is 10.2. The van der Waals surface area contributed by atoms with Gasteiger partial charge in [0.05, 0.1) is 30.6 Å². The number of nitrogens with one attached hydrogen (secondary N) is 3. The zero-order valence-corrected chi connectivity index (χ0v) is 22.7. The lowest BCUT2D eigenvalue weighted by Gasteiger charge is -2.27. The van der Waals surface area contributed by atoms with Gasteiger partial charge in [-0.05, 0) is 67.4 Å². The molecule has 206 valence electrons. The summed E-state index contributed by atoms with van der Waals surface area (Å²) in [6.45, 7) is 4.31. The number of nitrogen functional groups attached to an aromatic ring is 1. The number of para-hydroxylation sites is 2. The highest BCUT2D eigenvalue weighted by Crippen LogP contribution is 2.23. The number of amides is 3. The molecule has 0 radical (unpaired) electrons. The highest BCUT2D eigenvalue weighted by molar-refractivity contribution is 6.05. The number of carbonyl (C=O) groups is 2. The van der Waals surface area contributed by atoms with Crippen LogP contribution in [0.3, 0.4) is 0 Å². The zero-order valence-electron chi connectivity index (χ0n) is 22.7. The van der Waals surface area contributed by atoms with Gasteiger partial charge in [-0.25, -0.2) is 4.79 Å². The Morgan fingerprint density at radius 1 is 0.974 bits per heavy atom. The summed E-state index contributed by atoms with van der Waals surface area (Å²) in [7, 11) is 3.92. The Bertz CT molecular complexity index is 1240. The van der Waals surface area contributed by atoms with Gasteiger partial charge < -0.3 is 31.3 Å². The van der Waals surface area contributed by atoms with Crippen LogP contribution in [0.2, 0.25) is 0 Å². The molecule has 3 aromatic rings. The molecule has 0 bridgehead atoms. The van der Waals surface area contributed by atoms with Gasteiger partial charge in [-0.3, -0.25) is 9.69 Å². The van der Waals surface area contributed by atoms with Crippen LogP contribution in [0, 0.1) is 0 Å². The summed E-state index contributed by atoms with van der Waals surface area (Å²) in [6, 6.07) is 21.7. The van der Waals surface area contributed by atoms with Gasteiger partial charge in [0.25, 0.3) is 5.91 Å². The van der Waals surface area contributed by atoms with Crippen molar-refractivity contribution < 1.29 is 14.3 Å². The van der Waals surface area contributed by atoms with E-state index in [4.69, 9.17) is 10.5 Å². The molecular formula is C30H38N6O3. The zero-order chi connectivity index (χ0) is 27.6. The molecule has 3 aromatic carbocycles. The molecule has 1 saturated heterocycles. The molecule has 1 fully saturated rings. The molecular weight excluding hydrogens is 492 g/mol. The molecule has 1 atom stereocenters. The summed E-state index contributed by atoms with van der Waals surface area (Å²) < 4.78 is 5.45. The van der Waals surface area contributed by atoms with Crippen LogP contribution in [0.5, 0.6) is 0 Å². The van der Waals surface area contributed by atoms with E-state index in [0.29, 0.717) is 16.9 Å². The fourth-order valence-electron chi connectivity index (χ4n) is 4.53. The highest BCUT2D eigenvalue weighted by atomic mass is 16.5. The van der Waals surface area contributed by atoms with Crippen LogP contribution in [0.25, 0.3) is 0 Å². The molecule has 9 nitrogen and oxygen atoms in total. The Kier molecular flexibility index (Phi) is 9.77. The molecule has 3 amide bonds. The van der Waals surface area contributed by atoms with Gasteiger partial charge in [-0.15, -0.1) is 0 Å². The van der Waals surface area contributed by atoms with Crippen molar-refractivity contribution in [1.82, 2.24) is 10.2 Å². The van der Waals surface area contributed by atoms with Crippen molar-refractivity contribution in [3.63, 3.8) is 0 Å². The van der Waals surface area contributed by atoms with Crippen LogP contribution in [-0.2, 0) is 4.74 Å². The van der Waals surface area contributed by atoms with E-state index >= 15 is 0 Å².